The highest BCUT2D eigenvalue weighted by Gasteiger charge is 2.58. The highest BCUT2D eigenvalue weighted by Crippen LogP contribution is 2.34. The first-order valence-electron chi connectivity index (χ1n) is 4.76. The quantitative estimate of drug-likeness (QED) is 0.643. The zero-order chi connectivity index (χ0) is 10.3. The number of hydrogen-bond acceptors (Lipinski definition) is 2. The maximum atomic E-state index is 12.9. The van der Waals surface area contributed by atoms with Gasteiger partial charge in [-0.1, -0.05) is 12.8 Å². The summed E-state index contributed by atoms with van der Waals surface area (Å²) < 4.78 is 25.7. The standard InChI is InChI=1S/C9H11F2NO2/c10-9(11)7(13)6(12-8(9)14)5-3-1-2-4-5/h5-6H,1-4H2,(H,12,14). The normalized spacial score (nSPS) is 32.3. The molecular weight excluding hydrogens is 192 g/mol. The number of halogens is 2. The second-order valence-electron chi connectivity index (χ2n) is 3.93. The number of rotatable bonds is 1. The lowest BCUT2D eigenvalue weighted by Gasteiger charge is -2.15. The molecule has 0 radical (unpaired) electrons. The third-order valence-corrected chi connectivity index (χ3v) is 3.03. The summed E-state index contributed by atoms with van der Waals surface area (Å²) in [4.78, 5) is 22.0. The molecule has 14 heavy (non-hydrogen) atoms. The molecule has 1 aliphatic carbocycles. The van der Waals surface area contributed by atoms with Gasteiger partial charge in [-0.15, -0.1) is 0 Å². The molecule has 1 saturated heterocycles. The van der Waals surface area contributed by atoms with E-state index < -0.39 is 23.7 Å². The van der Waals surface area contributed by atoms with Crippen molar-refractivity contribution in [1.82, 2.24) is 5.32 Å². The Balaban J connectivity index is 2.16. The zero-order valence-corrected chi connectivity index (χ0v) is 7.56. The van der Waals surface area contributed by atoms with Gasteiger partial charge < -0.3 is 5.32 Å². The van der Waals surface area contributed by atoms with Crippen LogP contribution in [0.4, 0.5) is 8.78 Å². The maximum Gasteiger partial charge on any atom is 0.383 e. The van der Waals surface area contributed by atoms with E-state index in [1.807, 2.05) is 0 Å². The van der Waals surface area contributed by atoms with Crippen molar-refractivity contribution >= 4 is 11.7 Å². The molecule has 5 heteroatoms. The molecule has 78 valence electrons. The van der Waals surface area contributed by atoms with Crippen molar-refractivity contribution in [3.8, 4) is 0 Å². The number of alkyl halides is 2. The van der Waals surface area contributed by atoms with Gasteiger partial charge in [-0.25, -0.2) is 0 Å². The van der Waals surface area contributed by atoms with E-state index in [-0.39, 0.29) is 5.92 Å². The summed E-state index contributed by atoms with van der Waals surface area (Å²) in [6.45, 7) is 0. The fourth-order valence-corrected chi connectivity index (χ4v) is 2.23. The van der Waals surface area contributed by atoms with Crippen LogP contribution >= 0.6 is 0 Å². The number of nitrogens with one attached hydrogen (secondary N) is 1. The molecule has 0 aromatic carbocycles. The van der Waals surface area contributed by atoms with Crippen LogP contribution in [0.1, 0.15) is 25.7 Å². The van der Waals surface area contributed by atoms with E-state index in [2.05, 4.69) is 5.32 Å². The molecule has 2 fully saturated rings. The van der Waals surface area contributed by atoms with E-state index in [0.717, 1.165) is 25.7 Å². The van der Waals surface area contributed by atoms with Crippen LogP contribution in [0.15, 0.2) is 0 Å². The monoisotopic (exact) mass is 203 g/mol. The number of carbonyl (C=O) groups excluding carboxylic acids is 2. The molecule has 0 bridgehead atoms. The molecule has 1 unspecified atom stereocenters. The molecular formula is C9H11F2NO2. The number of ketones is 1. The van der Waals surface area contributed by atoms with Crippen molar-refractivity contribution in [2.45, 2.75) is 37.6 Å². The average molecular weight is 203 g/mol. The number of carbonyl (C=O) groups is 2. The first kappa shape index (κ1) is 9.55. The van der Waals surface area contributed by atoms with Crippen LogP contribution in [0, 0.1) is 5.92 Å². The molecule has 1 aliphatic heterocycles. The van der Waals surface area contributed by atoms with Crippen molar-refractivity contribution in [2.24, 2.45) is 5.92 Å². The lowest BCUT2D eigenvalue weighted by molar-refractivity contribution is -0.150. The topological polar surface area (TPSA) is 46.2 Å². The highest BCUT2D eigenvalue weighted by atomic mass is 19.3. The van der Waals surface area contributed by atoms with Gasteiger partial charge >= 0.3 is 5.92 Å². The third kappa shape index (κ3) is 1.22. The molecule has 0 aromatic heterocycles. The van der Waals surface area contributed by atoms with Gasteiger partial charge in [-0.05, 0) is 18.8 Å². The predicted molar refractivity (Wildman–Crippen MR) is 43.8 cm³/mol. The van der Waals surface area contributed by atoms with Crippen molar-refractivity contribution in [3.05, 3.63) is 0 Å². The van der Waals surface area contributed by atoms with Gasteiger partial charge in [0, 0.05) is 0 Å². The lowest BCUT2D eigenvalue weighted by atomic mass is 9.95. The summed E-state index contributed by atoms with van der Waals surface area (Å²) in [7, 11) is 0. The van der Waals surface area contributed by atoms with Gasteiger partial charge in [0.25, 0.3) is 5.91 Å². The Morgan fingerprint density at radius 1 is 1.21 bits per heavy atom. The van der Waals surface area contributed by atoms with Crippen LogP contribution < -0.4 is 5.32 Å². The predicted octanol–water partition coefficient (Wildman–Crippen LogP) is 0.879. The smallest absolute Gasteiger partial charge is 0.340 e. The SMILES string of the molecule is O=C1NC(C2CCCC2)C(=O)C1(F)F. The van der Waals surface area contributed by atoms with Crippen molar-refractivity contribution in [3.63, 3.8) is 0 Å². The Morgan fingerprint density at radius 2 is 1.79 bits per heavy atom. The average Bonchev–Trinajstić information content (AvgIpc) is 2.69. The maximum absolute atomic E-state index is 12.9. The Hall–Kier alpha value is -1.00. The van der Waals surface area contributed by atoms with Crippen LogP contribution in [0.5, 0.6) is 0 Å². The summed E-state index contributed by atoms with van der Waals surface area (Å²) in [5.41, 5.74) is 0. The summed E-state index contributed by atoms with van der Waals surface area (Å²) in [5, 5.41) is 2.10. The number of hydrogen-bond donors (Lipinski definition) is 1. The molecule has 2 aliphatic rings. The summed E-state index contributed by atoms with van der Waals surface area (Å²) in [5.74, 6) is -6.55. The lowest BCUT2D eigenvalue weighted by Crippen LogP contribution is -2.36. The van der Waals surface area contributed by atoms with E-state index in [1.54, 1.807) is 0 Å². The number of amides is 1. The van der Waals surface area contributed by atoms with Gasteiger partial charge in [0.05, 0.1) is 6.04 Å². The number of Topliss-reactive ketones (excluding diaryl/α,β-unsaturated/α-hetero) is 1. The van der Waals surface area contributed by atoms with E-state index in [0.29, 0.717) is 0 Å². The molecule has 1 amide bonds. The minimum atomic E-state index is -3.80. The first-order valence-corrected chi connectivity index (χ1v) is 4.76. The molecule has 1 atom stereocenters. The molecule has 0 aromatic rings. The first-order chi connectivity index (χ1) is 6.53. The Kier molecular flexibility index (Phi) is 2.05. The van der Waals surface area contributed by atoms with Crippen molar-refractivity contribution in [2.75, 3.05) is 0 Å². The van der Waals surface area contributed by atoms with Crippen LogP contribution in [-0.2, 0) is 9.59 Å². The van der Waals surface area contributed by atoms with E-state index in [9.17, 15) is 18.4 Å². The Bertz CT molecular complexity index is 285. The zero-order valence-electron chi connectivity index (χ0n) is 7.56. The van der Waals surface area contributed by atoms with Crippen LogP contribution in [0.25, 0.3) is 0 Å². The summed E-state index contributed by atoms with van der Waals surface area (Å²) in [6, 6.07) is -0.944. The van der Waals surface area contributed by atoms with Crippen LogP contribution in [0.2, 0.25) is 0 Å². The molecule has 1 heterocycles. The van der Waals surface area contributed by atoms with Crippen LogP contribution in [0.3, 0.4) is 0 Å². The van der Waals surface area contributed by atoms with Crippen molar-refractivity contribution < 1.29 is 18.4 Å². The van der Waals surface area contributed by atoms with Crippen molar-refractivity contribution in [1.29, 1.82) is 0 Å². The van der Waals surface area contributed by atoms with Gasteiger partial charge in [-0.3, -0.25) is 9.59 Å². The van der Waals surface area contributed by atoms with E-state index in [4.69, 9.17) is 0 Å². The molecule has 0 spiro atoms. The second-order valence-corrected chi connectivity index (χ2v) is 3.93. The minimum Gasteiger partial charge on any atom is -0.340 e. The molecule has 2 rings (SSSR count). The summed E-state index contributed by atoms with van der Waals surface area (Å²) in [6.07, 6.45) is 3.42. The molecule has 3 nitrogen and oxygen atoms in total. The Labute approximate surface area is 79.9 Å². The fourth-order valence-electron chi connectivity index (χ4n) is 2.23. The van der Waals surface area contributed by atoms with Crippen LogP contribution in [-0.4, -0.2) is 23.7 Å². The van der Waals surface area contributed by atoms with Gasteiger partial charge in [0.2, 0.25) is 5.78 Å². The minimum absolute atomic E-state index is 0.0835. The third-order valence-electron chi connectivity index (χ3n) is 3.03. The van der Waals surface area contributed by atoms with Gasteiger partial charge in [0.1, 0.15) is 0 Å². The van der Waals surface area contributed by atoms with E-state index in [1.165, 1.54) is 0 Å². The highest BCUT2D eigenvalue weighted by molar-refractivity contribution is 6.16. The summed E-state index contributed by atoms with van der Waals surface area (Å²) >= 11 is 0. The second kappa shape index (κ2) is 3.00. The fraction of sp³-hybridized carbons (Fsp3) is 0.778. The van der Waals surface area contributed by atoms with Gasteiger partial charge in [0.15, 0.2) is 0 Å². The van der Waals surface area contributed by atoms with Gasteiger partial charge in [-0.2, -0.15) is 8.78 Å². The van der Waals surface area contributed by atoms with E-state index >= 15 is 0 Å². The molecule has 1 N–H and O–H groups in total. The largest absolute Gasteiger partial charge is 0.383 e. The molecule has 1 saturated carbocycles. The Morgan fingerprint density at radius 3 is 2.21 bits per heavy atom.